The van der Waals surface area contributed by atoms with Crippen LogP contribution in [-0.2, 0) is 10.0 Å². The van der Waals surface area contributed by atoms with Gasteiger partial charge in [-0.2, -0.15) is 0 Å². The zero-order chi connectivity index (χ0) is 20.3. The summed E-state index contributed by atoms with van der Waals surface area (Å²) in [6, 6.07) is 13.2. The number of amides is 2. The van der Waals surface area contributed by atoms with Crippen molar-refractivity contribution in [1.82, 2.24) is 4.90 Å². The summed E-state index contributed by atoms with van der Waals surface area (Å²) in [5.74, 6) is -0.510. The van der Waals surface area contributed by atoms with Crippen molar-refractivity contribution in [3.8, 4) is 0 Å². The summed E-state index contributed by atoms with van der Waals surface area (Å²) in [5.41, 5.74) is 1.57. The molecule has 2 aromatic rings. The number of nitrogens with one attached hydrogen (secondary N) is 1. The smallest absolute Gasteiger partial charge is 0.255 e. The van der Waals surface area contributed by atoms with Crippen LogP contribution < -0.4 is 9.62 Å². The van der Waals surface area contributed by atoms with Gasteiger partial charge in [0.15, 0.2) is 0 Å². The fraction of sp³-hybridized carbons (Fsp3) is 0.300. The molecule has 7 nitrogen and oxygen atoms in total. The number of nitrogens with zero attached hydrogens (tertiary/aromatic N) is 2. The monoisotopic (exact) mass is 401 g/mol. The van der Waals surface area contributed by atoms with E-state index in [1.807, 2.05) is 0 Å². The van der Waals surface area contributed by atoms with E-state index in [0.29, 0.717) is 22.5 Å². The number of benzene rings is 2. The minimum atomic E-state index is -3.43. The SMILES string of the molecule is CN(c1cccc(C(=O)Nc2ccccc2C(=O)N2CCCC2)c1)S(C)(=O)=O. The first kappa shape index (κ1) is 19.9. The first-order valence-electron chi connectivity index (χ1n) is 9.01. The van der Waals surface area contributed by atoms with Crippen LogP contribution >= 0.6 is 0 Å². The minimum Gasteiger partial charge on any atom is -0.339 e. The number of hydrogen-bond acceptors (Lipinski definition) is 4. The van der Waals surface area contributed by atoms with E-state index in [-0.39, 0.29) is 5.91 Å². The highest BCUT2D eigenvalue weighted by Crippen LogP contribution is 2.22. The van der Waals surface area contributed by atoms with Crippen LogP contribution in [0.3, 0.4) is 0 Å². The summed E-state index contributed by atoms with van der Waals surface area (Å²) in [4.78, 5) is 27.3. The van der Waals surface area contributed by atoms with Crippen LogP contribution in [0, 0.1) is 0 Å². The van der Waals surface area contributed by atoms with Crippen molar-refractivity contribution >= 4 is 33.2 Å². The zero-order valence-electron chi connectivity index (χ0n) is 15.9. The lowest BCUT2D eigenvalue weighted by molar-refractivity contribution is 0.0794. The van der Waals surface area contributed by atoms with Crippen molar-refractivity contribution in [1.29, 1.82) is 0 Å². The molecule has 1 aliphatic rings. The lowest BCUT2D eigenvalue weighted by Crippen LogP contribution is -2.29. The number of para-hydroxylation sites is 1. The van der Waals surface area contributed by atoms with Gasteiger partial charge < -0.3 is 10.2 Å². The first-order chi connectivity index (χ1) is 13.3. The fourth-order valence-electron chi connectivity index (χ4n) is 3.10. The van der Waals surface area contributed by atoms with Gasteiger partial charge in [0.2, 0.25) is 10.0 Å². The molecule has 1 heterocycles. The van der Waals surface area contributed by atoms with Crippen LogP contribution in [0.5, 0.6) is 0 Å². The highest BCUT2D eigenvalue weighted by Gasteiger charge is 2.22. The molecular weight excluding hydrogens is 378 g/mol. The molecule has 2 amide bonds. The average molecular weight is 401 g/mol. The highest BCUT2D eigenvalue weighted by molar-refractivity contribution is 7.92. The van der Waals surface area contributed by atoms with Gasteiger partial charge in [-0.05, 0) is 43.2 Å². The molecule has 1 N–H and O–H groups in total. The zero-order valence-corrected chi connectivity index (χ0v) is 16.7. The molecule has 0 bridgehead atoms. The first-order valence-corrected chi connectivity index (χ1v) is 10.9. The Kier molecular flexibility index (Phi) is 5.69. The Morgan fingerprint density at radius 2 is 1.71 bits per heavy atom. The summed E-state index contributed by atoms with van der Waals surface area (Å²) in [6.07, 6.45) is 3.07. The van der Waals surface area contributed by atoms with Crippen molar-refractivity contribution < 1.29 is 18.0 Å². The lowest BCUT2D eigenvalue weighted by Gasteiger charge is -2.19. The van der Waals surface area contributed by atoms with E-state index in [2.05, 4.69) is 5.32 Å². The van der Waals surface area contributed by atoms with Crippen molar-refractivity contribution in [3.05, 3.63) is 59.7 Å². The van der Waals surface area contributed by atoms with Gasteiger partial charge in [-0.25, -0.2) is 8.42 Å². The molecule has 3 rings (SSSR count). The maximum absolute atomic E-state index is 12.7. The van der Waals surface area contributed by atoms with Crippen molar-refractivity contribution in [2.45, 2.75) is 12.8 Å². The normalized spacial score (nSPS) is 14.0. The molecule has 0 spiro atoms. The molecular formula is C20H23N3O4S. The quantitative estimate of drug-likeness (QED) is 0.834. The Morgan fingerprint density at radius 1 is 1.04 bits per heavy atom. The van der Waals surface area contributed by atoms with Crippen LogP contribution in [-0.4, -0.2) is 51.5 Å². The third-order valence-electron chi connectivity index (χ3n) is 4.77. The Labute approximate surface area is 165 Å². The maximum Gasteiger partial charge on any atom is 0.255 e. The molecule has 0 saturated carbocycles. The van der Waals surface area contributed by atoms with Gasteiger partial charge >= 0.3 is 0 Å². The van der Waals surface area contributed by atoms with E-state index < -0.39 is 15.9 Å². The number of anilines is 2. The molecule has 0 aromatic heterocycles. The molecule has 0 atom stereocenters. The molecule has 0 unspecified atom stereocenters. The third-order valence-corrected chi connectivity index (χ3v) is 5.97. The maximum atomic E-state index is 12.7. The number of rotatable bonds is 5. The second-order valence-corrected chi connectivity index (χ2v) is 8.79. The largest absolute Gasteiger partial charge is 0.339 e. The minimum absolute atomic E-state index is 0.0982. The van der Waals surface area contributed by atoms with E-state index >= 15 is 0 Å². The molecule has 0 aliphatic carbocycles. The van der Waals surface area contributed by atoms with E-state index in [9.17, 15) is 18.0 Å². The van der Waals surface area contributed by atoms with Gasteiger partial charge in [0.1, 0.15) is 0 Å². The van der Waals surface area contributed by atoms with E-state index in [4.69, 9.17) is 0 Å². The highest BCUT2D eigenvalue weighted by atomic mass is 32.2. The second-order valence-electron chi connectivity index (χ2n) is 6.78. The van der Waals surface area contributed by atoms with E-state index in [1.54, 1.807) is 47.4 Å². The van der Waals surface area contributed by atoms with Gasteiger partial charge in [0, 0.05) is 25.7 Å². The van der Waals surface area contributed by atoms with Gasteiger partial charge in [-0.15, -0.1) is 0 Å². The number of carbonyl (C=O) groups is 2. The van der Waals surface area contributed by atoms with Gasteiger partial charge in [-0.3, -0.25) is 13.9 Å². The summed E-state index contributed by atoms with van der Waals surface area (Å²) in [5, 5.41) is 2.78. The summed E-state index contributed by atoms with van der Waals surface area (Å²) in [7, 11) is -2.01. The Bertz CT molecular complexity index is 998. The third kappa shape index (κ3) is 4.33. The van der Waals surface area contributed by atoms with Crippen LogP contribution in [0.1, 0.15) is 33.6 Å². The molecule has 28 heavy (non-hydrogen) atoms. The second kappa shape index (κ2) is 8.02. The molecule has 0 radical (unpaired) electrons. The molecule has 148 valence electrons. The van der Waals surface area contributed by atoms with Crippen molar-refractivity contribution in [2.75, 3.05) is 36.0 Å². The average Bonchev–Trinajstić information content (AvgIpc) is 3.21. The topological polar surface area (TPSA) is 86.8 Å². The number of likely N-dealkylation sites (tertiary alicyclic amines) is 1. The fourth-order valence-corrected chi connectivity index (χ4v) is 3.59. The predicted molar refractivity (Wildman–Crippen MR) is 109 cm³/mol. The predicted octanol–water partition coefficient (Wildman–Crippen LogP) is 2.57. The molecule has 2 aromatic carbocycles. The lowest BCUT2D eigenvalue weighted by atomic mass is 10.1. The summed E-state index contributed by atoms with van der Waals surface area (Å²) in [6.45, 7) is 1.45. The van der Waals surface area contributed by atoms with Crippen LogP contribution in [0.2, 0.25) is 0 Å². The Hall–Kier alpha value is -2.87. The molecule has 1 fully saturated rings. The van der Waals surface area contributed by atoms with Crippen LogP contribution in [0.4, 0.5) is 11.4 Å². The Morgan fingerprint density at radius 3 is 2.39 bits per heavy atom. The summed E-state index contributed by atoms with van der Waals surface area (Å²) < 4.78 is 24.6. The van der Waals surface area contributed by atoms with Crippen LogP contribution in [0.25, 0.3) is 0 Å². The molecule has 1 aliphatic heterocycles. The van der Waals surface area contributed by atoms with Crippen molar-refractivity contribution in [3.63, 3.8) is 0 Å². The number of sulfonamides is 1. The van der Waals surface area contributed by atoms with Gasteiger partial charge in [0.25, 0.3) is 11.8 Å². The van der Waals surface area contributed by atoms with E-state index in [0.717, 1.165) is 36.5 Å². The standard InChI is InChI=1S/C20H23N3O4S/c1-22(28(2,26)27)16-9-7-8-15(14-16)19(24)21-18-11-4-3-10-17(18)20(25)23-12-5-6-13-23/h3-4,7-11,14H,5-6,12-13H2,1-2H3,(H,21,24). The van der Waals surface area contributed by atoms with Crippen LogP contribution in [0.15, 0.2) is 48.5 Å². The van der Waals surface area contributed by atoms with Crippen molar-refractivity contribution in [2.24, 2.45) is 0 Å². The molecule has 1 saturated heterocycles. The van der Waals surface area contributed by atoms with Gasteiger partial charge in [-0.1, -0.05) is 18.2 Å². The Balaban J connectivity index is 1.83. The number of hydrogen-bond donors (Lipinski definition) is 1. The number of carbonyl (C=O) groups excluding carboxylic acids is 2. The molecule has 8 heteroatoms. The van der Waals surface area contributed by atoms with Gasteiger partial charge in [0.05, 0.1) is 23.2 Å². The van der Waals surface area contributed by atoms with E-state index in [1.165, 1.54) is 13.1 Å². The summed E-state index contributed by atoms with van der Waals surface area (Å²) >= 11 is 0.